The van der Waals surface area contributed by atoms with Crippen LogP contribution in [0.5, 0.6) is 5.75 Å². The van der Waals surface area contributed by atoms with Crippen molar-refractivity contribution < 1.29 is 19.4 Å². The zero-order chi connectivity index (χ0) is 27.2. The van der Waals surface area contributed by atoms with Gasteiger partial charge in [0.15, 0.2) is 5.65 Å². The normalized spacial score (nSPS) is 13.4. The van der Waals surface area contributed by atoms with E-state index >= 15 is 0 Å². The van der Waals surface area contributed by atoms with Gasteiger partial charge >= 0.3 is 0 Å². The van der Waals surface area contributed by atoms with Crippen LogP contribution < -0.4 is 21.1 Å². The summed E-state index contributed by atoms with van der Waals surface area (Å²) in [6, 6.07) is 13.3. The first kappa shape index (κ1) is 26.6. The first-order valence-corrected chi connectivity index (χ1v) is 12.2. The van der Waals surface area contributed by atoms with Gasteiger partial charge in [-0.05, 0) is 56.6 Å². The summed E-state index contributed by atoms with van der Waals surface area (Å²) in [7, 11) is 1.58. The van der Waals surface area contributed by atoms with Crippen molar-refractivity contribution in [1.82, 2.24) is 25.1 Å². The Morgan fingerprint density at radius 2 is 1.87 bits per heavy atom. The van der Waals surface area contributed by atoms with Crippen molar-refractivity contribution in [2.75, 3.05) is 31.2 Å². The molecule has 5 rings (SSSR count). The van der Waals surface area contributed by atoms with Crippen LogP contribution in [0.3, 0.4) is 0 Å². The van der Waals surface area contributed by atoms with E-state index in [1.54, 1.807) is 13.2 Å². The Kier molecular flexibility index (Phi) is 8.17. The fourth-order valence-corrected chi connectivity index (χ4v) is 4.46. The van der Waals surface area contributed by atoms with Crippen LogP contribution in [-0.2, 0) is 4.79 Å². The molecule has 2 aromatic heterocycles. The number of hydrogen-bond acceptors (Lipinski definition) is 8. The van der Waals surface area contributed by atoms with Crippen LogP contribution in [0, 0.1) is 6.92 Å². The SMILES string of the molecule is CC(=O)O.COc1cc(-c2nn(C3CCNCC3)c3ncnc(N)c23)ccc1NC(=O)c1ccccc1C. The van der Waals surface area contributed by atoms with Gasteiger partial charge in [0.05, 0.1) is 24.2 Å². The van der Waals surface area contributed by atoms with E-state index in [-0.39, 0.29) is 11.9 Å². The lowest BCUT2D eigenvalue weighted by atomic mass is 10.1. The highest BCUT2D eigenvalue weighted by Gasteiger charge is 2.24. The van der Waals surface area contributed by atoms with Crippen LogP contribution in [0.25, 0.3) is 22.3 Å². The van der Waals surface area contributed by atoms with Crippen LogP contribution in [-0.4, -0.2) is 56.9 Å². The van der Waals surface area contributed by atoms with E-state index in [0.29, 0.717) is 28.5 Å². The van der Waals surface area contributed by atoms with Gasteiger partial charge in [0.1, 0.15) is 23.6 Å². The first-order chi connectivity index (χ1) is 18.3. The number of methoxy groups -OCH3 is 1. The summed E-state index contributed by atoms with van der Waals surface area (Å²) in [5.74, 6) is -0.113. The number of nitrogens with zero attached hydrogens (tertiary/aromatic N) is 4. The molecule has 0 aliphatic carbocycles. The van der Waals surface area contributed by atoms with Crippen molar-refractivity contribution in [2.24, 2.45) is 0 Å². The van der Waals surface area contributed by atoms with Gasteiger partial charge in [-0.2, -0.15) is 5.10 Å². The van der Waals surface area contributed by atoms with E-state index in [1.165, 1.54) is 6.33 Å². The lowest BCUT2D eigenvalue weighted by Crippen LogP contribution is -2.30. The van der Waals surface area contributed by atoms with Crippen molar-refractivity contribution in [2.45, 2.75) is 32.7 Å². The lowest BCUT2D eigenvalue weighted by Gasteiger charge is -2.23. The minimum absolute atomic E-state index is 0.192. The van der Waals surface area contributed by atoms with Crippen LogP contribution in [0.1, 0.15) is 41.7 Å². The average Bonchev–Trinajstić information content (AvgIpc) is 3.30. The second kappa shape index (κ2) is 11.7. The number of carbonyl (C=O) groups excluding carboxylic acids is 1. The molecule has 1 amide bonds. The summed E-state index contributed by atoms with van der Waals surface area (Å²) >= 11 is 0. The number of piperidine rings is 1. The number of aryl methyl sites for hydroxylation is 1. The number of anilines is 2. The molecule has 4 aromatic rings. The summed E-state index contributed by atoms with van der Waals surface area (Å²) in [4.78, 5) is 30.5. The van der Waals surface area contributed by atoms with Crippen LogP contribution in [0.4, 0.5) is 11.5 Å². The number of ether oxygens (including phenoxy) is 1. The van der Waals surface area contributed by atoms with Gasteiger partial charge in [-0.1, -0.05) is 24.3 Å². The van der Waals surface area contributed by atoms with Crippen molar-refractivity contribution in [3.05, 3.63) is 59.9 Å². The van der Waals surface area contributed by atoms with Gasteiger partial charge in [-0.15, -0.1) is 0 Å². The maximum absolute atomic E-state index is 12.8. The molecule has 1 aliphatic heterocycles. The molecule has 11 nitrogen and oxygen atoms in total. The van der Waals surface area contributed by atoms with Crippen molar-refractivity contribution in [3.63, 3.8) is 0 Å². The number of rotatable bonds is 5. The molecule has 1 aliphatic rings. The van der Waals surface area contributed by atoms with E-state index < -0.39 is 5.97 Å². The smallest absolute Gasteiger partial charge is 0.300 e. The molecule has 198 valence electrons. The number of hydrogen-bond donors (Lipinski definition) is 4. The molecule has 38 heavy (non-hydrogen) atoms. The zero-order valence-corrected chi connectivity index (χ0v) is 21.6. The molecular formula is C27H31N7O4. The molecule has 0 spiro atoms. The van der Waals surface area contributed by atoms with Crippen molar-refractivity contribution in [1.29, 1.82) is 0 Å². The van der Waals surface area contributed by atoms with E-state index in [4.69, 9.17) is 25.5 Å². The van der Waals surface area contributed by atoms with E-state index in [0.717, 1.165) is 55.0 Å². The number of nitrogen functional groups attached to an aromatic ring is 1. The number of amides is 1. The van der Waals surface area contributed by atoms with Gasteiger partial charge < -0.3 is 26.2 Å². The number of benzene rings is 2. The Morgan fingerprint density at radius 1 is 1.16 bits per heavy atom. The fraction of sp³-hybridized carbons (Fsp3) is 0.296. The maximum Gasteiger partial charge on any atom is 0.300 e. The fourth-order valence-electron chi connectivity index (χ4n) is 4.46. The first-order valence-electron chi connectivity index (χ1n) is 12.2. The van der Waals surface area contributed by atoms with E-state index in [2.05, 4.69) is 20.6 Å². The second-order valence-electron chi connectivity index (χ2n) is 8.93. The molecular weight excluding hydrogens is 486 g/mol. The molecule has 1 fully saturated rings. The minimum Gasteiger partial charge on any atom is -0.495 e. The molecule has 5 N–H and O–H groups in total. The highest BCUT2D eigenvalue weighted by Crippen LogP contribution is 2.37. The monoisotopic (exact) mass is 517 g/mol. The molecule has 11 heteroatoms. The van der Waals surface area contributed by atoms with Gasteiger partial charge in [0.25, 0.3) is 11.9 Å². The lowest BCUT2D eigenvalue weighted by molar-refractivity contribution is -0.134. The van der Waals surface area contributed by atoms with Crippen LogP contribution >= 0.6 is 0 Å². The summed E-state index contributed by atoms with van der Waals surface area (Å²) in [6.45, 7) is 4.86. The topological polar surface area (TPSA) is 157 Å². The number of aromatic nitrogens is 4. The largest absolute Gasteiger partial charge is 0.495 e. The van der Waals surface area contributed by atoms with Crippen molar-refractivity contribution in [3.8, 4) is 17.0 Å². The van der Waals surface area contributed by atoms with Crippen LogP contribution in [0.15, 0.2) is 48.8 Å². The standard InChI is InChI=1S/C25H27N7O2.C2H4O2/c1-15-5-3-4-6-18(15)25(33)30-19-8-7-16(13-20(19)34-2)22-21-23(26)28-14-29-24(21)32(31-22)17-9-11-27-12-10-17;1-2(3)4/h3-8,13-14,17,27H,9-12H2,1-2H3,(H,30,33)(H2,26,28,29);1H3,(H,3,4). The third-order valence-electron chi connectivity index (χ3n) is 6.29. The summed E-state index contributed by atoms with van der Waals surface area (Å²) in [5.41, 5.74) is 10.6. The Hall–Kier alpha value is -4.51. The Balaban J connectivity index is 0.000000786. The third-order valence-corrected chi connectivity index (χ3v) is 6.29. The number of nitrogens with two attached hydrogens (primary N) is 1. The molecule has 0 bridgehead atoms. The van der Waals surface area contributed by atoms with Gasteiger partial charge in [0, 0.05) is 18.1 Å². The van der Waals surface area contributed by atoms with Crippen LogP contribution in [0.2, 0.25) is 0 Å². The quantitative estimate of drug-likeness (QED) is 0.310. The number of nitrogens with one attached hydrogen (secondary N) is 2. The minimum atomic E-state index is -0.833. The highest BCUT2D eigenvalue weighted by molar-refractivity contribution is 6.06. The zero-order valence-electron chi connectivity index (χ0n) is 21.6. The Labute approximate surface area is 220 Å². The number of carboxylic acids is 1. The Morgan fingerprint density at radius 3 is 2.55 bits per heavy atom. The highest BCUT2D eigenvalue weighted by atomic mass is 16.5. The molecule has 0 radical (unpaired) electrons. The van der Waals surface area contributed by atoms with E-state index in [9.17, 15) is 4.79 Å². The summed E-state index contributed by atoms with van der Waals surface area (Å²) < 4.78 is 7.60. The maximum atomic E-state index is 12.8. The average molecular weight is 518 g/mol. The van der Waals surface area contributed by atoms with Gasteiger partial charge in [-0.3, -0.25) is 9.59 Å². The number of carbonyl (C=O) groups is 2. The second-order valence-corrected chi connectivity index (χ2v) is 8.93. The molecule has 0 saturated carbocycles. The number of carboxylic acid groups (broad SMARTS) is 1. The molecule has 1 saturated heterocycles. The third kappa shape index (κ3) is 5.73. The molecule has 3 heterocycles. The van der Waals surface area contributed by atoms with Gasteiger partial charge in [-0.25, -0.2) is 14.6 Å². The predicted octanol–water partition coefficient (Wildman–Crippen LogP) is 3.66. The Bertz CT molecular complexity index is 1460. The van der Waals surface area contributed by atoms with Crippen molar-refractivity contribution >= 4 is 34.4 Å². The molecule has 0 atom stereocenters. The molecule has 2 aromatic carbocycles. The molecule has 0 unspecified atom stereocenters. The van der Waals surface area contributed by atoms with E-state index in [1.807, 2.05) is 48.0 Å². The number of fused-ring (bicyclic) bond motifs is 1. The predicted molar refractivity (Wildman–Crippen MR) is 145 cm³/mol. The van der Waals surface area contributed by atoms with Gasteiger partial charge in [0.2, 0.25) is 0 Å². The summed E-state index contributed by atoms with van der Waals surface area (Å²) in [6.07, 6.45) is 3.41. The number of aliphatic carboxylic acids is 1. The summed E-state index contributed by atoms with van der Waals surface area (Å²) in [5, 5.41) is 19.4.